The predicted molar refractivity (Wildman–Crippen MR) is 111 cm³/mol. The summed E-state index contributed by atoms with van der Waals surface area (Å²) >= 11 is 0. The zero-order valence-electron chi connectivity index (χ0n) is 16.7. The molecule has 1 aromatic carbocycles. The lowest BCUT2D eigenvalue weighted by molar-refractivity contribution is 0.0703. The molecule has 5 rings (SSSR count). The zero-order valence-corrected chi connectivity index (χ0v) is 16.7. The van der Waals surface area contributed by atoms with Gasteiger partial charge in [0, 0.05) is 55.9 Å². The lowest BCUT2D eigenvalue weighted by Gasteiger charge is -2.33. The number of benzene rings is 1. The van der Waals surface area contributed by atoms with Crippen LogP contribution in [-0.2, 0) is 13.1 Å². The molecule has 3 aromatic rings. The number of hydrogen-bond donors (Lipinski definition) is 0. The molecule has 1 aliphatic heterocycles. The second-order valence-electron chi connectivity index (χ2n) is 8.38. The normalized spacial score (nSPS) is 19.4. The number of rotatable bonds is 6. The van der Waals surface area contributed by atoms with Gasteiger partial charge in [0.1, 0.15) is 5.82 Å². The number of hydrogen-bond acceptors (Lipinski definition) is 3. The van der Waals surface area contributed by atoms with E-state index in [4.69, 9.17) is 0 Å². The van der Waals surface area contributed by atoms with Gasteiger partial charge in [0.05, 0.1) is 6.54 Å². The van der Waals surface area contributed by atoms with Gasteiger partial charge in [-0.25, -0.2) is 4.98 Å². The topological polar surface area (TPSA) is 56.0 Å². The third kappa shape index (κ3) is 4.11. The van der Waals surface area contributed by atoms with Crippen LogP contribution in [0.2, 0.25) is 0 Å². The van der Waals surface area contributed by atoms with Gasteiger partial charge in [0.15, 0.2) is 0 Å². The Morgan fingerprint density at radius 1 is 1.10 bits per heavy atom. The van der Waals surface area contributed by atoms with Crippen molar-refractivity contribution in [2.24, 2.45) is 5.92 Å². The summed E-state index contributed by atoms with van der Waals surface area (Å²) in [5.41, 5.74) is 1.85. The molecule has 3 heterocycles. The van der Waals surface area contributed by atoms with E-state index in [1.54, 1.807) is 6.20 Å². The SMILES string of the molecule is O=C(c1cccc(Cn2cccn2)c1)N1CCCC(c2nccn2CC2CC2)C1. The van der Waals surface area contributed by atoms with E-state index in [0.717, 1.165) is 55.3 Å². The number of imidazole rings is 1. The first kappa shape index (κ1) is 18.2. The van der Waals surface area contributed by atoms with Crippen molar-refractivity contribution in [1.29, 1.82) is 0 Å². The number of carbonyl (C=O) groups excluding carboxylic acids is 1. The largest absolute Gasteiger partial charge is 0.338 e. The Kier molecular flexibility index (Phi) is 4.92. The van der Waals surface area contributed by atoms with Gasteiger partial charge in [0.25, 0.3) is 5.91 Å². The van der Waals surface area contributed by atoms with E-state index >= 15 is 0 Å². The summed E-state index contributed by atoms with van der Waals surface area (Å²) < 4.78 is 4.20. The first-order chi connectivity index (χ1) is 14.3. The van der Waals surface area contributed by atoms with Crippen LogP contribution in [0.4, 0.5) is 0 Å². The summed E-state index contributed by atoms with van der Waals surface area (Å²) in [5, 5.41) is 4.26. The highest BCUT2D eigenvalue weighted by atomic mass is 16.2. The number of nitrogens with zero attached hydrogens (tertiary/aromatic N) is 5. The molecule has 1 aliphatic carbocycles. The molecule has 2 aliphatic rings. The van der Waals surface area contributed by atoms with Gasteiger partial charge in [-0.05, 0) is 55.4 Å². The van der Waals surface area contributed by atoms with Crippen molar-refractivity contribution in [3.63, 3.8) is 0 Å². The van der Waals surface area contributed by atoms with Crippen molar-refractivity contribution in [1.82, 2.24) is 24.2 Å². The van der Waals surface area contributed by atoms with Crippen LogP contribution < -0.4 is 0 Å². The molecule has 1 unspecified atom stereocenters. The molecule has 2 fully saturated rings. The van der Waals surface area contributed by atoms with Crippen LogP contribution in [0, 0.1) is 5.92 Å². The Hall–Kier alpha value is -2.89. The maximum Gasteiger partial charge on any atom is 0.253 e. The first-order valence-corrected chi connectivity index (χ1v) is 10.6. The molecule has 2 aromatic heterocycles. The molecule has 1 atom stereocenters. The maximum atomic E-state index is 13.2. The Morgan fingerprint density at radius 3 is 2.86 bits per heavy atom. The highest BCUT2D eigenvalue weighted by molar-refractivity contribution is 5.94. The van der Waals surface area contributed by atoms with Gasteiger partial charge in [-0.2, -0.15) is 5.10 Å². The average molecular weight is 390 g/mol. The highest BCUT2D eigenvalue weighted by Crippen LogP contribution is 2.33. The van der Waals surface area contributed by atoms with E-state index in [1.807, 2.05) is 52.3 Å². The second kappa shape index (κ2) is 7.85. The van der Waals surface area contributed by atoms with E-state index in [2.05, 4.69) is 20.8 Å². The fraction of sp³-hybridized carbons (Fsp3) is 0.435. The van der Waals surface area contributed by atoms with E-state index in [1.165, 1.54) is 12.8 Å². The quantitative estimate of drug-likeness (QED) is 0.648. The Morgan fingerprint density at radius 2 is 2.03 bits per heavy atom. The molecular formula is C23H27N5O. The molecule has 0 radical (unpaired) electrons. The van der Waals surface area contributed by atoms with E-state index in [9.17, 15) is 4.79 Å². The Labute approximate surface area is 171 Å². The number of piperidine rings is 1. The number of carbonyl (C=O) groups is 1. The maximum absolute atomic E-state index is 13.2. The molecule has 0 bridgehead atoms. The van der Waals surface area contributed by atoms with Crippen molar-refractivity contribution in [2.75, 3.05) is 13.1 Å². The lowest BCUT2D eigenvalue weighted by Crippen LogP contribution is -2.39. The highest BCUT2D eigenvalue weighted by Gasteiger charge is 2.29. The van der Waals surface area contributed by atoms with Crippen molar-refractivity contribution in [3.05, 3.63) is 72.1 Å². The minimum Gasteiger partial charge on any atom is -0.338 e. The molecule has 1 amide bonds. The third-order valence-electron chi connectivity index (χ3n) is 6.05. The molecule has 6 heteroatoms. The van der Waals surface area contributed by atoms with E-state index in [-0.39, 0.29) is 5.91 Å². The summed E-state index contributed by atoms with van der Waals surface area (Å²) in [5.74, 6) is 2.43. The van der Waals surface area contributed by atoms with Crippen LogP contribution in [0.5, 0.6) is 0 Å². The molecular weight excluding hydrogens is 362 g/mol. The molecule has 150 valence electrons. The van der Waals surface area contributed by atoms with Crippen LogP contribution in [-0.4, -0.2) is 43.2 Å². The summed E-state index contributed by atoms with van der Waals surface area (Å²) in [6.07, 6.45) is 12.5. The van der Waals surface area contributed by atoms with Gasteiger partial charge in [-0.15, -0.1) is 0 Å². The molecule has 1 saturated heterocycles. The van der Waals surface area contributed by atoms with Crippen LogP contribution in [0.25, 0.3) is 0 Å². The summed E-state index contributed by atoms with van der Waals surface area (Å²) in [6, 6.07) is 9.85. The Balaban J connectivity index is 1.29. The van der Waals surface area contributed by atoms with Crippen LogP contribution >= 0.6 is 0 Å². The summed E-state index contributed by atoms with van der Waals surface area (Å²) in [4.78, 5) is 19.9. The van der Waals surface area contributed by atoms with Crippen LogP contribution in [0.3, 0.4) is 0 Å². The molecule has 6 nitrogen and oxygen atoms in total. The van der Waals surface area contributed by atoms with Gasteiger partial charge in [-0.1, -0.05) is 12.1 Å². The summed E-state index contributed by atoms with van der Waals surface area (Å²) in [6.45, 7) is 3.33. The third-order valence-corrected chi connectivity index (χ3v) is 6.05. The van der Waals surface area contributed by atoms with Gasteiger partial charge in [-0.3, -0.25) is 9.48 Å². The fourth-order valence-corrected chi connectivity index (χ4v) is 4.35. The number of amides is 1. The number of likely N-dealkylation sites (tertiary alicyclic amines) is 1. The monoisotopic (exact) mass is 389 g/mol. The van der Waals surface area contributed by atoms with Gasteiger partial charge < -0.3 is 9.47 Å². The minimum absolute atomic E-state index is 0.123. The predicted octanol–water partition coefficient (Wildman–Crippen LogP) is 3.56. The molecule has 0 N–H and O–H groups in total. The van der Waals surface area contributed by atoms with Crippen molar-refractivity contribution >= 4 is 5.91 Å². The molecule has 1 saturated carbocycles. The first-order valence-electron chi connectivity index (χ1n) is 10.6. The van der Waals surface area contributed by atoms with E-state index in [0.29, 0.717) is 12.5 Å². The van der Waals surface area contributed by atoms with Crippen LogP contribution in [0.1, 0.15) is 53.3 Å². The number of aromatic nitrogens is 4. The van der Waals surface area contributed by atoms with Gasteiger partial charge in [0.2, 0.25) is 0 Å². The van der Waals surface area contributed by atoms with Crippen molar-refractivity contribution in [2.45, 2.75) is 44.7 Å². The average Bonchev–Trinajstić information content (AvgIpc) is 3.21. The van der Waals surface area contributed by atoms with E-state index < -0.39 is 0 Å². The zero-order chi connectivity index (χ0) is 19.6. The van der Waals surface area contributed by atoms with Gasteiger partial charge >= 0.3 is 0 Å². The smallest absolute Gasteiger partial charge is 0.253 e. The van der Waals surface area contributed by atoms with Crippen molar-refractivity contribution < 1.29 is 4.79 Å². The fourth-order valence-electron chi connectivity index (χ4n) is 4.35. The minimum atomic E-state index is 0.123. The van der Waals surface area contributed by atoms with Crippen molar-refractivity contribution in [3.8, 4) is 0 Å². The molecule has 0 spiro atoms. The molecule has 29 heavy (non-hydrogen) atoms. The Bertz CT molecular complexity index is 973. The lowest BCUT2D eigenvalue weighted by atomic mass is 9.96. The van der Waals surface area contributed by atoms with Crippen LogP contribution in [0.15, 0.2) is 55.1 Å². The summed E-state index contributed by atoms with van der Waals surface area (Å²) in [7, 11) is 0. The standard InChI is InChI=1S/C23H27N5O/c29-23(20-5-1-4-19(14-20)16-28-12-3-9-25-28)27-11-2-6-21(17-27)22-24-10-13-26(22)15-18-7-8-18/h1,3-5,9-10,12-14,18,21H,2,6-8,11,15-17H2. The second-order valence-corrected chi connectivity index (χ2v) is 8.38.